The first-order valence-corrected chi connectivity index (χ1v) is 6.82. The third-order valence-electron chi connectivity index (χ3n) is 2.95. The van der Waals surface area contributed by atoms with E-state index in [-0.39, 0.29) is 0 Å². The second-order valence-electron chi connectivity index (χ2n) is 4.74. The summed E-state index contributed by atoms with van der Waals surface area (Å²) < 4.78 is 38.7. The highest BCUT2D eigenvalue weighted by Gasteiger charge is 2.36. The van der Waals surface area contributed by atoms with Crippen LogP contribution in [0.2, 0.25) is 0 Å². The van der Waals surface area contributed by atoms with Gasteiger partial charge in [-0.2, -0.15) is 0 Å². The van der Waals surface area contributed by atoms with Crippen LogP contribution in [0.4, 0.5) is 12.9 Å². The van der Waals surface area contributed by atoms with Crippen LogP contribution >= 0.6 is 11.8 Å². The van der Waals surface area contributed by atoms with E-state index in [2.05, 4.69) is 10.2 Å². The van der Waals surface area contributed by atoms with E-state index >= 15 is 0 Å². The zero-order valence-corrected chi connectivity index (χ0v) is 9.97. The van der Waals surface area contributed by atoms with Crippen molar-refractivity contribution in [3.8, 4) is 0 Å². The minimum atomic E-state index is -4.76. The Hall–Kier alpha value is -0.655. The molecular formula is C9H12BF3N3S-. The molecule has 1 heterocycles. The summed E-state index contributed by atoms with van der Waals surface area (Å²) in [6.45, 7) is -4.76. The maximum atomic E-state index is 12.3. The highest BCUT2D eigenvalue weighted by atomic mass is 32.2. The predicted octanol–water partition coefficient (Wildman–Crippen LogP) is 2.97. The van der Waals surface area contributed by atoms with E-state index in [9.17, 15) is 12.9 Å². The fourth-order valence-electron chi connectivity index (χ4n) is 1.85. The minimum Gasteiger partial charge on any atom is -0.448 e. The maximum absolute atomic E-state index is 12.3. The molecule has 3 rings (SSSR count). The van der Waals surface area contributed by atoms with E-state index < -0.39 is 12.6 Å². The normalized spacial score (nSPS) is 20.9. The smallest absolute Gasteiger partial charge is 0.448 e. The van der Waals surface area contributed by atoms with Crippen LogP contribution in [-0.2, 0) is 0 Å². The lowest BCUT2D eigenvalue weighted by Gasteiger charge is -2.13. The number of hydrogen-bond acceptors (Lipinski definition) is 3. The molecule has 0 bridgehead atoms. The Morgan fingerprint density at radius 2 is 1.88 bits per heavy atom. The summed E-state index contributed by atoms with van der Waals surface area (Å²) in [5, 5.41) is 8.45. The lowest BCUT2D eigenvalue weighted by Crippen LogP contribution is -2.19. The van der Waals surface area contributed by atoms with Gasteiger partial charge in [-0.1, -0.05) is 0 Å². The van der Waals surface area contributed by atoms with Gasteiger partial charge >= 0.3 is 6.98 Å². The van der Waals surface area contributed by atoms with Crippen molar-refractivity contribution in [3.63, 3.8) is 0 Å². The number of hydrogen-bond donors (Lipinski definition) is 0. The van der Waals surface area contributed by atoms with Crippen LogP contribution < -0.4 is 0 Å². The fourth-order valence-corrected chi connectivity index (χ4v) is 2.67. The quantitative estimate of drug-likeness (QED) is 0.603. The summed E-state index contributed by atoms with van der Waals surface area (Å²) >= 11 is 0.780. The Kier molecular flexibility index (Phi) is 2.64. The summed E-state index contributed by atoms with van der Waals surface area (Å²) in [6.07, 6.45) is 4.28. The molecule has 0 saturated heterocycles. The monoisotopic (exact) mass is 262 g/mol. The van der Waals surface area contributed by atoms with Crippen molar-refractivity contribution in [2.24, 2.45) is 0 Å². The van der Waals surface area contributed by atoms with E-state index in [1.165, 1.54) is 0 Å². The number of nitrogens with zero attached hydrogens (tertiary/aromatic N) is 3. The Balaban J connectivity index is 1.78. The van der Waals surface area contributed by atoms with Crippen molar-refractivity contribution in [1.29, 1.82) is 0 Å². The molecule has 3 nitrogen and oxygen atoms in total. The largest absolute Gasteiger partial charge is 0.488 e. The SMILES string of the molecule is F[B-](F)(F)CSc1nnc(C2CC2)n1C1CC1. The van der Waals surface area contributed by atoms with Crippen molar-refractivity contribution >= 4 is 18.7 Å². The number of thioether (sulfide) groups is 1. The summed E-state index contributed by atoms with van der Waals surface area (Å²) in [5.41, 5.74) is -0.824. The molecule has 0 aliphatic heterocycles. The highest BCUT2D eigenvalue weighted by molar-refractivity contribution is 8.00. The van der Waals surface area contributed by atoms with E-state index in [1.807, 2.05) is 4.57 Å². The molecule has 2 aliphatic carbocycles. The van der Waals surface area contributed by atoms with Gasteiger partial charge in [0.15, 0.2) is 5.16 Å². The summed E-state index contributed by atoms with van der Waals surface area (Å²) in [7, 11) is 0. The zero-order chi connectivity index (χ0) is 12.0. The van der Waals surface area contributed by atoms with Gasteiger partial charge in [0.1, 0.15) is 5.82 Å². The molecule has 1 aromatic rings. The molecular weight excluding hydrogens is 250 g/mol. The standard InChI is InChI=1S/C9H12BF3N3S/c11-10(12,13)5-17-9-15-14-8(6-1-2-6)16(9)7-3-4-7/h6-7H,1-5H2/q-1. The van der Waals surface area contributed by atoms with Crippen LogP contribution in [-0.4, -0.2) is 27.4 Å². The van der Waals surface area contributed by atoms with Crippen LogP contribution in [0.25, 0.3) is 0 Å². The Bertz CT molecular complexity index is 426. The number of aromatic nitrogens is 3. The molecule has 17 heavy (non-hydrogen) atoms. The molecule has 0 atom stereocenters. The Morgan fingerprint density at radius 3 is 2.41 bits per heavy atom. The summed E-state index contributed by atoms with van der Waals surface area (Å²) in [5.74, 6) is 1.35. The first kappa shape index (κ1) is 11.4. The predicted molar refractivity (Wildman–Crippen MR) is 60.1 cm³/mol. The average molecular weight is 262 g/mol. The third-order valence-corrected chi connectivity index (χ3v) is 4.03. The van der Waals surface area contributed by atoms with Gasteiger partial charge in [0.2, 0.25) is 0 Å². The maximum Gasteiger partial charge on any atom is 0.488 e. The molecule has 0 unspecified atom stereocenters. The van der Waals surface area contributed by atoms with Crippen LogP contribution in [0.3, 0.4) is 0 Å². The number of rotatable bonds is 5. The molecule has 94 valence electrons. The van der Waals surface area contributed by atoms with E-state index in [0.717, 1.165) is 43.3 Å². The third kappa shape index (κ3) is 2.61. The Morgan fingerprint density at radius 1 is 1.18 bits per heavy atom. The lowest BCUT2D eigenvalue weighted by molar-refractivity contribution is 0.485. The minimum absolute atomic E-state index is 0.351. The molecule has 0 amide bonds. The van der Waals surface area contributed by atoms with Gasteiger partial charge in [-0.15, -0.1) is 22.0 Å². The lowest BCUT2D eigenvalue weighted by atomic mass is 9.98. The van der Waals surface area contributed by atoms with Gasteiger partial charge in [-0.25, -0.2) is 0 Å². The van der Waals surface area contributed by atoms with Crippen molar-refractivity contribution in [3.05, 3.63) is 5.82 Å². The van der Waals surface area contributed by atoms with Crippen LogP contribution in [0.5, 0.6) is 0 Å². The first-order valence-electron chi connectivity index (χ1n) is 5.83. The molecule has 1 aromatic heterocycles. The van der Waals surface area contributed by atoms with Gasteiger partial charge in [-0.3, -0.25) is 0 Å². The van der Waals surface area contributed by atoms with Crippen LogP contribution in [0, 0.1) is 0 Å². The molecule has 2 aliphatic rings. The Labute approximate surface area is 101 Å². The van der Waals surface area contributed by atoms with E-state index in [0.29, 0.717) is 17.1 Å². The molecule has 0 aromatic carbocycles. The second kappa shape index (κ2) is 3.93. The topological polar surface area (TPSA) is 30.7 Å². The van der Waals surface area contributed by atoms with Gasteiger partial charge < -0.3 is 17.5 Å². The van der Waals surface area contributed by atoms with Gasteiger partial charge in [-0.05, 0) is 31.3 Å². The van der Waals surface area contributed by atoms with E-state index in [4.69, 9.17) is 0 Å². The molecule has 0 radical (unpaired) electrons. The fraction of sp³-hybridized carbons (Fsp3) is 0.778. The molecule has 0 N–H and O–H groups in total. The molecule has 2 saturated carbocycles. The van der Waals surface area contributed by atoms with Crippen molar-refractivity contribution in [2.75, 3.05) is 5.65 Å². The molecule has 8 heteroatoms. The molecule has 2 fully saturated rings. The van der Waals surface area contributed by atoms with Gasteiger partial charge in [0, 0.05) is 12.0 Å². The zero-order valence-electron chi connectivity index (χ0n) is 9.15. The summed E-state index contributed by atoms with van der Waals surface area (Å²) in [4.78, 5) is 0. The van der Waals surface area contributed by atoms with Gasteiger partial charge in [0.05, 0.1) is 0 Å². The highest BCUT2D eigenvalue weighted by Crippen LogP contribution is 2.46. The van der Waals surface area contributed by atoms with Crippen LogP contribution in [0.1, 0.15) is 43.5 Å². The first-order chi connectivity index (χ1) is 8.04. The van der Waals surface area contributed by atoms with Crippen molar-refractivity contribution in [2.45, 2.75) is 42.8 Å². The molecule has 0 spiro atoms. The summed E-state index contributed by atoms with van der Waals surface area (Å²) in [6, 6.07) is 0.351. The average Bonchev–Trinajstić information content (AvgIpc) is 3.12. The van der Waals surface area contributed by atoms with Crippen LogP contribution in [0.15, 0.2) is 5.16 Å². The second-order valence-corrected chi connectivity index (χ2v) is 5.72. The van der Waals surface area contributed by atoms with E-state index in [1.54, 1.807) is 0 Å². The van der Waals surface area contributed by atoms with Gasteiger partial charge in [0.25, 0.3) is 0 Å². The van der Waals surface area contributed by atoms with Crippen molar-refractivity contribution < 1.29 is 12.9 Å². The number of halogens is 3. The van der Waals surface area contributed by atoms with Crippen molar-refractivity contribution in [1.82, 2.24) is 14.8 Å².